The fraction of sp³-hybridized carbons (Fsp3) is 0.355. The smallest absolute Gasteiger partial charge is 0.264 e. The fourth-order valence-corrected chi connectivity index (χ4v) is 5.99. The SMILES string of the molecule is CC[C@H](C(=O)N[C@@H](C)CC)N(Cc1cccc(C)c1)C(=O)CN(c1cccc(Cl)c1)S(=O)(=O)c1ccc(OC)cc1. The van der Waals surface area contributed by atoms with Crippen molar-refractivity contribution in [3.63, 3.8) is 0 Å². The van der Waals surface area contributed by atoms with Gasteiger partial charge < -0.3 is 15.0 Å². The first kappa shape index (κ1) is 32.0. The second kappa shape index (κ2) is 14.4. The number of ether oxygens (including phenoxy) is 1. The molecule has 0 aliphatic carbocycles. The van der Waals surface area contributed by atoms with Gasteiger partial charge in [0.25, 0.3) is 10.0 Å². The number of aryl methyl sites for hydroxylation is 1. The quantitative estimate of drug-likeness (QED) is 0.277. The number of carbonyl (C=O) groups excluding carboxylic acids is 2. The van der Waals surface area contributed by atoms with Crippen molar-refractivity contribution in [2.75, 3.05) is 18.0 Å². The zero-order chi connectivity index (χ0) is 30.2. The van der Waals surface area contributed by atoms with Gasteiger partial charge >= 0.3 is 0 Å². The van der Waals surface area contributed by atoms with Crippen LogP contribution in [-0.2, 0) is 26.2 Å². The van der Waals surface area contributed by atoms with Gasteiger partial charge in [-0.2, -0.15) is 0 Å². The van der Waals surface area contributed by atoms with Gasteiger partial charge in [0, 0.05) is 17.6 Å². The summed E-state index contributed by atoms with van der Waals surface area (Å²) in [7, 11) is -2.72. The molecule has 0 bridgehead atoms. The highest BCUT2D eigenvalue weighted by Crippen LogP contribution is 2.28. The number of sulfonamides is 1. The maximum Gasteiger partial charge on any atom is 0.264 e. The molecule has 10 heteroatoms. The first-order chi connectivity index (χ1) is 19.5. The predicted molar refractivity (Wildman–Crippen MR) is 163 cm³/mol. The lowest BCUT2D eigenvalue weighted by Crippen LogP contribution is -2.53. The third-order valence-electron chi connectivity index (χ3n) is 6.84. The zero-order valence-electron chi connectivity index (χ0n) is 24.1. The summed E-state index contributed by atoms with van der Waals surface area (Å²) in [6.45, 7) is 7.26. The molecule has 0 saturated heterocycles. The second-order valence-corrected chi connectivity index (χ2v) is 12.2. The van der Waals surface area contributed by atoms with Gasteiger partial charge in [0.05, 0.1) is 17.7 Å². The highest BCUT2D eigenvalue weighted by molar-refractivity contribution is 7.92. The molecule has 3 aromatic rings. The predicted octanol–water partition coefficient (Wildman–Crippen LogP) is 5.57. The van der Waals surface area contributed by atoms with Crippen molar-refractivity contribution >= 4 is 39.1 Å². The molecule has 3 aromatic carbocycles. The van der Waals surface area contributed by atoms with Crippen LogP contribution in [0.3, 0.4) is 0 Å². The standard InChI is InChI=1S/C31H38ClN3O5S/c1-6-23(4)33-31(37)29(7-2)34(20-24-11-8-10-22(3)18-24)30(36)21-35(26-13-9-12-25(32)19-26)41(38,39)28-16-14-27(40-5)15-17-28/h8-19,23,29H,6-7,20-21H2,1-5H3,(H,33,37)/t23-,29+/m0/s1. The van der Waals surface area contributed by atoms with Gasteiger partial charge in [0.1, 0.15) is 18.3 Å². The summed E-state index contributed by atoms with van der Waals surface area (Å²) < 4.78 is 34.1. The van der Waals surface area contributed by atoms with E-state index in [2.05, 4.69) is 5.32 Å². The number of nitrogens with zero attached hydrogens (tertiary/aromatic N) is 2. The molecular weight excluding hydrogens is 562 g/mol. The number of rotatable bonds is 13. The Morgan fingerprint density at radius 1 is 0.976 bits per heavy atom. The van der Waals surface area contributed by atoms with Crippen LogP contribution in [0.25, 0.3) is 0 Å². The van der Waals surface area contributed by atoms with E-state index in [1.807, 2.05) is 52.0 Å². The van der Waals surface area contributed by atoms with Crippen molar-refractivity contribution in [1.29, 1.82) is 0 Å². The van der Waals surface area contributed by atoms with Crippen LogP contribution in [0.5, 0.6) is 5.75 Å². The molecule has 0 aromatic heterocycles. The maximum absolute atomic E-state index is 14.1. The minimum absolute atomic E-state index is 0.0159. The van der Waals surface area contributed by atoms with Crippen molar-refractivity contribution in [2.24, 2.45) is 0 Å². The van der Waals surface area contributed by atoms with Crippen molar-refractivity contribution in [3.05, 3.63) is 88.9 Å². The normalized spacial score (nSPS) is 12.7. The van der Waals surface area contributed by atoms with Crippen LogP contribution in [0.4, 0.5) is 5.69 Å². The summed E-state index contributed by atoms with van der Waals surface area (Å²) in [4.78, 5) is 28.9. The van der Waals surface area contributed by atoms with Gasteiger partial charge in [-0.3, -0.25) is 13.9 Å². The third kappa shape index (κ3) is 8.24. The van der Waals surface area contributed by atoms with Crippen LogP contribution >= 0.6 is 11.6 Å². The molecular formula is C31H38ClN3O5S. The average Bonchev–Trinajstić information content (AvgIpc) is 2.95. The van der Waals surface area contributed by atoms with E-state index in [4.69, 9.17) is 16.3 Å². The van der Waals surface area contributed by atoms with Crippen LogP contribution in [0.15, 0.2) is 77.7 Å². The second-order valence-electron chi connectivity index (χ2n) is 9.92. The molecule has 8 nitrogen and oxygen atoms in total. The molecule has 1 N–H and O–H groups in total. The molecule has 220 valence electrons. The number of benzene rings is 3. The summed E-state index contributed by atoms with van der Waals surface area (Å²) in [5.41, 5.74) is 2.07. The van der Waals surface area contributed by atoms with Gasteiger partial charge in [-0.25, -0.2) is 8.42 Å². The van der Waals surface area contributed by atoms with E-state index in [1.165, 1.54) is 30.2 Å². The molecule has 0 aliphatic heterocycles. The molecule has 2 amide bonds. The first-order valence-electron chi connectivity index (χ1n) is 13.6. The lowest BCUT2D eigenvalue weighted by atomic mass is 10.1. The number of halogens is 1. The Morgan fingerprint density at radius 2 is 1.66 bits per heavy atom. The molecule has 0 heterocycles. The average molecular weight is 600 g/mol. The Balaban J connectivity index is 2.06. The molecule has 0 aliphatic rings. The zero-order valence-corrected chi connectivity index (χ0v) is 25.7. The van der Waals surface area contributed by atoms with Gasteiger partial charge in [-0.05, 0) is 74.7 Å². The van der Waals surface area contributed by atoms with E-state index in [-0.39, 0.29) is 29.1 Å². The van der Waals surface area contributed by atoms with E-state index in [1.54, 1.807) is 30.3 Å². The number of amides is 2. The molecule has 0 radical (unpaired) electrons. The number of hydrogen-bond donors (Lipinski definition) is 1. The first-order valence-corrected chi connectivity index (χ1v) is 15.4. The summed E-state index contributed by atoms with van der Waals surface area (Å²) in [5, 5.41) is 3.30. The van der Waals surface area contributed by atoms with Crippen molar-refractivity contribution < 1.29 is 22.7 Å². The molecule has 0 saturated carbocycles. The minimum Gasteiger partial charge on any atom is -0.497 e. The van der Waals surface area contributed by atoms with E-state index in [0.29, 0.717) is 17.2 Å². The molecule has 2 atom stereocenters. The van der Waals surface area contributed by atoms with Crippen LogP contribution in [0.1, 0.15) is 44.7 Å². The maximum atomic E-state index is 14.1. The van der Waals surface area contributed by atoms with Crippen molar-refractivity contribution in [3.8, 4) is 5.75 Å². The molecule has 0 unspecified atom stereocenters. The topological polar surface area (TPSA) is 96.0 Å². The number of carbonyl (C=O) groups is 2. The minimum atomic E-state index is -4.21. The van der Waals surface area contributed by atoms with Gasteiger partial charge in [-0.1, -0.05) is 61.3 Å². The highest BCUT2D eigenvalue weighted by atomic mass is 35.5. The Labute approximate surface area is 248 Å². The number of hydrogen-bond acceptors (Lipinski definition) is 5. The summed E-state index contributed by atoms with van der Waals surface area (Å²) in [5.74, 6) is -0.304. The Hall–Kier alpha value is -3.56. The van der Waals surface area contributed by atoms with Crippen LogP contribution in [0, 0.1) is 6.92 Å². The molecule has 0 spiro atoms. The fourth-order valence-electron chi connectivity index (χ4n) is 4.40. The lowest BCUT2D eigenvalue weighted by Gasteiger charge is -2.33. The van der Waals surface area contributed by atoms with E-state index >= 15 is 0 Å². The Kier molecular flexibility index (Phi) is 11.2. The number of methoxy groups -OCH3 is 1. The summed E-state index contributed by atoms with van der Waals surface area (Å²) in [6.07, 6.45) is 1.08. The van der Waals surface area contributed by atoms with Crippen LogP contribution in [-0.4, -0.2) is 50.9 Å². The van der Waals surface area contributed by atoms with Crippen molar-refractivity contribution in [2.45, 2.75) is 64.1 Å². The highest BCUT2D eigenvalue weighted by Gasteiger charge is 2.34. The van der Waals surface area contributed by atoms with Gasteiger partial charge in [-0.15, -0.1) is 0 Å². The van der Waals surface area contributed by atoms with Crippen molar-refractivity contribution in [1.82, 2.24) is 10.2 Å². The summed E-state index contributed by atoms with van der Waals surface area (Å²) >= 11 is 6.24. The van der Waals surface area contributed by atoms with Crippen LogP contribution < -0.4 is 14.4 Å². The van der Waals surface area contributed by atoms with E-state index < -0.39 is 28.5 Å². The van der Waals surface area contributed by atoms with E-state index in [9.17, 15) is 18.0 Å². The molecule has 3 rings (SSSR count). The number of anilines is 1. The number of nitrogens with one attached hydrogen (secondary N) is 1. The van der Waals surface area contributed by atoms with Gasteiger partial charge in [0.15, 0.2) is 0 Å². The Bertz CT molecular complexity index is 1450. The Morgan fingerprint density at radius 3 is 2.24 bits per heavy atom. The summed E-state index contributed by atoms with van der Waals surface area (Å²) in [6, 6.07) is 19.0. The molecule has 41 heavy (non-hydrogen) atoms. The lowest BCUT2D eigenvalue weighted by molar-refractivity contribution is -0.140. The monoisotopic (exact) mass is 599 g/mol. The third-order valence-corrected chi connectivity index (χ3v) is 8.87. The van der Waals surface area contributed by atoms with Gasteiger partial charge in [0.2, 0.25) is 11.8 Å². The molecule has 0 fully saturated rings. The largest absolute Gasteiger partial charge is 0.497 e. The van der Waals surface area contributed by atoms with E-state index in [0.717, 1.165) is 21.9 Å². The van der Waals surface area contributed by atoms with Crippen LogP contribution in [0.2, 0.25) is 5.02 Å².